The summed E-state index contributed by atoms with van der Waals surface area (Å²) >= 11 is 0. The van der Waals surface area contributed by atoms with E-state index in [1.54, 1.807) is 12.1 Å². The van der Waals surface area contributed by atoms with Crippen LogP contribution in [0.25, 0.3) is 0 Å². The second-order valence-corrected chi connectivity index (χ2v) is 6.29. The van der Waals surface area contributed by atoms with Gasteiger partial charge in [0, 0.05) is 36.8 Å². The molecule has 0 aliphatic heterocycles. The summed E-state index contributed by atoms with van der Waals surface area (Å²) in [4.78, 5) is 22.2. The number of benzene rings is 1. The number of non-ortho nitro benzene ring substituents is 1. The van der Waals surface area contributed by atoms with Crippen LogP contribution in [0.5, 0.6) is 0 Å². The summed E-state index contributed by atoms with van der Waals surface area (Å²) < 4.78 is 0. The maximum absolute atomic E-state index is 12.0. The molecule has 1 aromatic rings. The molecule has 2 rings (SSSR count). The van der Waals surface area contributed by atoms with E-state index in [1.807, 2.05) is 0 Å². The lowest BCUT2D eigenvalue weighted by Crippen LogP contribution is -2.44. The fourth-order valence-electron chi connectivity index (χ4n) is 3.14. The van der Waals surface area contributed by atoms with Gasteiger partial charge in [0.05, 0.1) is 4.92 Å². The Bertz CT molecular complexity index is 547. The lowest BCUT2D eigenvalue weighted by Gasteiger charge is -2.31. The number of anilines is 1. The number of nitrogens with one attached hydrogen (secondary N) is 2. The first-order chi connectivity index (χ1) is 11.6. The van der Waals surface area contributed by atoms with Crippen molar-refractivity contribution in [2.75, 3.05) is 18.4 Å². The normalized spacial score (nSPS) is 20.4. The largest absolute Gasteiger partial charge is 0.385 e. The number of nitro groups is 1. The molecule has 0 heterocycles. The highest BCUT2D eigenvalue weighted by Crippen LogP contribution is 2.23. The van der Waals surface area contributed by atoms with E-state index in [4.69, 9.17) is 5.73 Å². The van der Waals surface area contributed by atoms with Gasteiger partial charge in [-0.3, -0.25) is 14.9 Å². The number of nitrogens with zero attached hydrogens (tertiary/aromatic N) is 1. The molecule has 1 saturated carbocycles. The van der Waals surface area contributed by atoms with Gasteiger partial charge >= 0.3 is 0 Å². The second kappa shape index (κ2) is 9.22. The minimum Gasteiger partial charge on any atom is -0.385 e. The minimum absolute atomic E-state index is 0.0712. The highest BCUT2D eigenvalue weighted by molar-refractivity contribution is 5.76. The lowest BCUT2D eigenvalue weighted by molar-refractivity contribution is -0.384. The molecule has 0 radical (unpaired) electrons. The third kappa shape index (κ3) is 5.49. The maximum atomic E-state index is 12.0. The maximum Gasteiger partial charge on any atom is 0.269 e. The predicted molar refractivity (Wildman–Crippen MR) is 93.8 cm³/mol. The summed E-state index contributed by atoms with van der Waals surface area (Å²) in [6.07, 6.45) is 5.66. The van der Waals surface area contributed by atoms with Gasteiger partial charge in [0.1, 0.15) is 0 Å². The molecule has 0 spiro atoms. The molecule has 1 amide bonds. The van der Waals surface area contributed by atoms with Gasteiger partial charge < -0.3 is 16.4 Å². The zero-order valence-corrected chi connectivity index (χ0v) is 13.9. The van der Waals surface area contributed by atoms with Gasteiger partial charge in [-0.15, -0.1) is 0 Å². The fourth-order valence-corrected chi connectivity index (χ4v) is 3.14. The van der Waals surface area contributed by atoms with Crippen LogP contribution in [0.15, 0.2) is 24.3 Å². The SMILES string of the molecule is NCC1CCCCC1NC(=O)CCCNc1ccc([N+](=O)[O-])cc1. The van der Waals surface area contributed by atoms with E-state index in [0.717, 1.165) is 24.9 Å². The van der Waals surface area contributed by atoms with E-state index in [0.29, 0.717) is 31.8 Å². The van der Waals surface area contributed by atoms with E-state index >= 15 is 0 Å². The van der Waals surface area contributed by atoms with Crippen LogP contribution in [0.1, 0.15) is 38.5 Å². The summed E-state index contributed by atoms with van der Waals surface area (Å²) in [5.41, 5.74) is 6.67. The van der Waals surface area contributed by atoms with E-state index in [1.165, 1.54) is 18.6 Å². The van der Waals surface area contributed by atoms with Gasteiger partial charge in [0.25, 0.3) is 5.69 Å². The highest BCUT2D eigenvalue weighted by Gasteiger charge is 2.24. The van der Waals surface area contributed by atoms with E-state index in [-0.39, 0.29) is 17.6 Å². The molecule has 24 heavy (non-hydrogen) atoms. The first-order valence-electron chi connectivity index (χ1n) is 8.58. The highest BCUT2D eigenvalue weighted by atomic mass is 16.6. The Labute approximate surface area is 142 Å². The molecule has 7 heteroatoms. The zero-order chi connectivity index (χ0) is 17.4. The van der Waals surface area contributed by atoms with Crippen LogP contribution in [0.4, 0.5) is 11.4 Å². The van der Waals surface area contributed by atoms with Crippen LogP contribution >= 0.6 is 0 Å². The molecule has 0 aromatic heterocycles. The quantitative estimate of drug-likeness (QED) is 0.384. The van der Waals surface area contributed by atoms with Crippen LogP contribution in [0.3, 0.4) is 0 Å². The molecule has 0 bridgehead atoms. The van der Waals surface area contributed by atoms with Gasteiger partial charge in [-0.05, 0) is 43.9 Å². The lowest BCUT2D eigenvalue weighted by atomic mass is 9.84. The van der Waals surface area contributed by atoms with Gasteiger partial charge in [0.15, 0.2) is 0 Å². The molecule has 2 unspecified atom stereocenters. The topological polar surface area (TPSA) is 110 Å². The predicted octanol–water partition coefficient (Wildman–Crippen LogP) is 2.42. The molecule has 1 aliphatic rings. The molecule has 0 saturated heterocycles. The Morgan fingerprint density at radius 3 is 2.62 bits per heavy atom. The summed E-state index contributed by atoms with van der Waals surface area (Å²) in [5.74, 6) is 0.479. The van der Waals surface area contributed by atoms with Crippen molar-refractivity contribution in [2.45, 2.75) is 44.6 Å². The molecule has 132 valence electrons. The standard InChI is InChI=1S/C17H26N4O3/c18-12-13-4-1-2-5-16(13)20-17(22)6-3-11-19-14-7-9-15(10-8-14)21(23)24/h7-10,13,16,19H,1-6,11-12,18H2,(H,20,22). The summed E-state index contributed by atoms with van der Waals surface area (Å²) in [6, 6.07) is 6.49. The van der Waals surface area contributed by atoms with E-state index in [2.05, 4.69) is 10.6 Å². The Hall–Kier alpha value is -2.15. The number of carbonyl (C=O) groups is 1. The van der Waals surface area contributed by atoms with Crippen LogP contribution in [0.2, 0.25) is 0 Å². The van der Waals surface area contributed by atoms with Crippen molar-refractivity contribution >= 4 is 17.3 Å². The van der Waals surface area contributed by atoms with Crippen molar-refractivity contribution in [3.63, 3.8) is 0 Å². The monoisotopic (exact) mass is 334 g/mol. The first-order valence-corrected chi connectivity index (χ1v) is 8.58. The summed E-state index contributed by atoms with van der Waals surface area (Å²) in [5, 5.41) is 16.9. The molecule has 2 atom stereocenters. The van der Waals surface area contributed by atoms with Crippen molar-refractivity contribution in [1.29, 1.82) is 0 Å². The van der Waals surface area contributed by atoms with Gasteiger partial charge in [-0.2, -0.15) is 0 Å². The molecule has 7 nitrogen and oxygen atoms in total. The van der Waals surface area contributed by atoms with Crippen molar-refractivity contribution in [1.82, 2.24) is 5.32 Å². The molecule has 4 N–H and O–H groups in total. The minimum atomic E-state index is -0.423. The zero-order valence-electron chi connectivity index (χ0n) is 13.9. The first kappa shape index (κ1) is 18.2. The summed E-state index contributed by atoms with van der Waals surface area (Å²) in [6.45, 7) is 1.28. The molecule has 1 aliphatic carbocycles. The number of hydrogen-bond donors (Lipinski definition) is 3. The van der Waals surface area contributed by atoms with Gasteiger partial charge in [0.2, 0.25) is 5.91 Å². The summed E-state index contributed by atoms with van der Waals surface area (Å²) in [7, 11) is 0. The third-order valence-corrected chi connectivity index (χ3v) is 4.55. The van der Waals surface area contributed by atoms with Crippen molar-refractivity contribution < 1.29 is 9.72 Å². The number of nitrogens with two attached hydrogens (primary N) is 1. The average Bonchev–Trinajstić information content (AvgIpc) is 2.59. The number of rotatable bonds is 8. The van der Waals surface area contributed by atoms with Crippen LogP contribution in [-0.4, -0.2) is 30.0 Å². The number of amides is 1. The number of hydrogen-bond acceptors (Lipinski definition) is 5. The van der Waals surface area contributed by atoms with Crippen LogP contribution in [0, 0.1) is 16.0 Å². The van der Waals surface area contributed by atoms with Crippen molar-refractivity contribution in [2.24, 2.45) is 11.7 Å². The second-order valence-electron chi connectivity index (χ2n) is 6.29. The Balaban J connectivity index is 1.66. The van der Waals surface area contributed by atoms with Gasteiger partial charge in [-0.1, -0.05) is 12.8 Å². The molecule has 1 aromatic carbocycles. The van der Waals surface area contributed by atoms with E-state index in [9.17, 15) is 14.9 Å². The Morgan fingerprint density at radius 2 is 1.96 bits per heavy atom. The van der Waals surface area contributed by atoms with Crippen LogP contribution in [-0.2, 0) is 4.79 Å². The number of carbonyl (C=O) groups excluding carboxylic acids is 1. The Kier molecular flexibility index (Phi) is 6.99. The molecule has 1 fully saturated rings. The van der Waals surface area contributed by atoms with E-state index < -0.39 is 4.92 Å². The smallest absolute Gasteiger partial charge is 0.269 e. The third-order valence-electron chi connectivity index (χ3n) is 4.55. The average molecular weight is 334 g/mol. The number of nitro benzene ring substituents is 1. The molecular weight excluding hydrogens is 308 g/mol. The fraction of sp³-hybridized carbons (Fsp3) is 0.588. The van der Waals surface area contributed by atoms with Crippen molar-refractivity contribution in [3.05, 3.63) is 34.4 Å². The molecular formula is C17H26N4O3. The van der Waals surface area contributed by atoms with Crippen LogP contribution < -0.4 is 16.4 Å². The van der Waals surface area contributed by atoms with Gasteiger partial charge in [-0.25, -0.2) is 0 Å². The Morgan fingerprint density at radius 1 is 1.25 bits per heavy atom. The van der Waals surface area contributed by atoms with Crippen molar-refractivity contribution in [3.8, 4) is 0 Å².